The second-order valence-electron chi connectivity index (χ2n) is 5.82. The lowest BCUT2D eigenvalue weighted by molar-refractivity contribution is 0.248. The molecule has 2 aromatic carbocycles. The molecular formula is C18H20N2O3S. The van der Waals surface area contributed by atoms with E-state index in [9.17, 15) is 13.2 Å². The molecule has 0 bridgehead atoms. The minimum absolute atomic E-state index is 0.150. The van der Waals surface area contributed by atoms with E-state index in [0.29, 0.717) is 12.8 Å². The molecule has 2 amide bonds. The van der Waals surface area contributed by atoms with Crippen LogP contribution in [-0.4, -0.2) is 32.0 Å². The van der Waals surface area contributed by atoms with Gasteiger partial charge in [-0.15, -0.1) is 0 Å². The Morgan fingerprint density at radius 1 is 1.00 bits per heavy atom. The topological polar surface area (TPSA) is 66.5 Å². The first-order valence-electron chi connectivity index (χ1n) is 7.97. The lowest BCUT2D eigenvalue weighted by Crippen LogP contribution is -2.41. The van der Waals surface area contributed by atoms with Gasteiger partial charge in [0.15, 0.2) is 9.84 Å². The highest BCUT2D eigenvalue weighted by molar-refractivity contribution is 7.92. The predicted molar refractivity (Wildman–Crippen MR) is 95.2 cm³/mol. The van der Waals surface area contributed by atoms with Gasteiger partial charge in [0.05, 0.1) is 22.4 Å². The van der Waals surface area contributed by atoms with E-state index in [-0.39, 0.29) is 18.3 Å². The first-order valence-corrected chi connectivity index (χ1v) is 9.69. The molecule has 2 aromatic rings. The Kier molecular flexibility index (Phi) is 4.85. The monoisotopic (exact) mass is 344 g/mol. The number of anilines is 2. The van der Waals surface area contributed by atoms with Crippen LogP contribution in [0, 0.1) is 0 Å². The summed E-state index contributed by atoms with van der Waals surface area (Å²) in [5, 5.41) is 2.31. The van der Waals surface area contributed by atoms with Gasteiger partial charge >= 0.3 is 6.03 Å². The van der Waals surface area contributed by atoms with Crippen LogP contribution in [0.1, 0.15) is 12.8 Å². The molecule has 1 aliphatic heterocycles. The van der Waals surface area contributed by atoms with E-state index in [1.165, 1.54) is 0 Å². The van der Waals surface area contributed by atoms with Crippen molar-refractivity contribution in [2.45, 2.75) is 18.1 Å². The molecule has 6 heteroatoms. The Hall–Kier alpha value is -2.34. The van der Waals surface area contributed by atoms with Crippen LogP contribution < -0.4 is 10.2 Å². The second kappa shape index (κ2) is 7.05. The summed E-state index contributed by atoms with van der Waals surface area (Å²) < 4.78 is 23.8. The van der Waals surface area contributed by atoms with Crippen molar-refractivity contribution >= 4 is 27.2 Å². The summed E-state index contributed by atoms with van der Waals surface area (Å²) in [7, 11) is -3.07. The first-order chi connectivity index (χ1) is 11.6. The molecule has 0 radical (unpaired) electrons. The van der Waals surface area contributed by atoms with Gasteiger partial charge in [0.1, 0.15) is 0 Å². The van der Waals surface area contributed by atoms with Gasteiger partial charge < -0.3 is 5.32 Å². The zero-order valence-electron chi connectivity index (χ0n) is 13.3. The van der Waals surface area contributed by atoms with Crippen molar-refractivity contribution in [2.24, 2.45) is 0 Å². The van der Waals surface area contributed by atoms with Crippen molar-refractivity contribution in [3.05, 3.63) is 60.7 Å². The van der Waals surface area contributed by atoms with E-state index >= 15 is 0 Å². The van der Waals surface area contributed by atoms with E-state index in [0.717, 1.165) is 11.4 Å². The molecule has 1 heterocycles. The van der Waals surface area contributed by atoms with E-state index in [2.05, 4.69) is 5.32 Å². The molecule has 24 heavy (non-hydrogen) atoms. The standard InChI is InChI=1S/C18H20N2O3S/c21-18(19-14-17-12-7-13-24(17,22)23)20(15-8-3-1-4-9-15)16-10-5-2-6-11-16/h1-6,8-11,17H,7,12-14H2,(H,19,21)/t17-/m1/s1. The lowest BCUT2D eigenvalue weighted by Gasteiger charge is -2.24. The molecule has 1 atom stereocenters. The Bertz CT molecular complexity index is 752. The number of nitrogens with one attached hydrogen (secondary N) is 1. The molecule has 0 aromatic heterocycles. The number of hydrogen-bond acceptors (Lipinski definition) is 3. The summed E-state index contributed by atoms with van der Waals surface area (Å²) >= 11 is 0. The smallest absolute Gasteiger partial charge is 0.326 e. The average Bonchev–Trinajstić information content (AvgIpc) is 2.93. The maximum atomic E-state index is 12.7. The van der Waals surface area contributed by atoms with Crippen molar-refractivity contribution in [3.8, 4) is 0 Å². The number of amides is 2. The maximum Gasteiger partial charge on any atom is 0.326 e. The molecule has 1 aliphatic rings. The van der Waals surface area contributed by atoms with Gasteiger partial charge in [-0.2, -0.15) is 0 Å². The normalized spacial score (nSPS) is 18.9. The van der Waals surface area contributed by atoms with E-state index in [4.69, 9.17) is 0 Å². The zero-order valence-corrected chi connectivity index (χ0v) is 14.1. The highest BCUT2D eigenvalue weighted by Crippen LogP contribution is 2.25. The third-order valence-corrected chi connectivity index (χ3v) is 6.45. The SMILES string of the molecule is O=C(NC[C@H]1CCCS1(=O)=O)N(c1ccccc1)c1ccccc1. The number of hydrogen-bond donors (Lipinski definition) is 1. The van der Waals surface area contributed by atoms with Gasteiger partial charge in [-0.05, 0) is 37.1 Å². The molecule has 1 fully saturated rings. The summed E-state index contributed by atoms with van der Waals surface area (Å²) in [6, 6.07) is 18.3. The predicted octanol–water partition coefficient (Wildman–Crippen LogP) is 3.11. The van der Waals surface area contributed by atoms with E-state index < -0.39 is 15.1 Å². The van der Waals surface area contributed by atoms with Crippen molar-refractivity contribution in [2.75, 3.05) is 17.2 Å². The molecule has 0 saturated carbocycles. The number of carbonyl (C=O) groups excluding carboxylic acids is 1. The molecule has 3 rings (SSSR count). The van der Waals surface area contributed by atoms with Gasteiger partial charge in [-0.1, -0.05) is 36.4 Å². The third kappa shape index (κ3) is 3.59. The van der Waals surface area contributed by atoms with Gasteiger partial charge in [-0.25, -0.2) is 13.2 Å². The number of carbonyl (C=O) groups is 1. The third-order valence-electron chi connectivity index (χ3n) is 4.18. The Morgan fingerprint density at radius 3 is 2.00 bits per heavy atom. The minimum Gasteiger partial charge on any atom is -0.336 e. The van der Waals surface area contributed by atoms with Gasteiger partial charge in [0.25, 0.3) is 0 Å². The fourth-order valence-corrected chi connectivity index (χ4v) is 4.67. The highest BCUT2D eigenvalue weighted by Gasteiger charge is 2.32. The maximum absolute atomic E-state index is 12.7. The number of sulfone groups is 1. The first kappa shape index (κ1) is 16.5. The highest BCUT2D eigenvalue weighted by atomic mass is 32.2. The van der Waals surface area contributed by atoms with Crippen LogP contribution in [0.25, 0.3) is 0 Å². The van der Waals surface area contributed by atoms with Crippen molar-refractivity contribution in [3.63, 3.8) is 0 Å². The van der Waals surface area contributed by atoms with Crippen LogP contribution in [-0.2, 0) is 9.84 Å². The molecule has 1 saturated heterocycles. The molecule has 126 valence electrons. The van der Waals surface area contributed by atoms with E-state index in [1.807, 2.05) is 60.7 Å². The van der Waals surface area contributed by atoms with Crippen LogP contribution in [0.4, 0.5) is 16.2 Å². The van der Waals surface area contributed by atoms with Crippen molar-refractivity contribution in [1.29, 1.82) is 0 Å². The van der Waals surface area contributed by atoms with Crippen molar-refractivity contribution in [1.82, 2.24) is 5.32 Å². The lowest BCUT2D eigenvalue weighted by atomic mass is 10.2. The number of benzene rings is 2. The molecular weight excluding hydrogens is 324 g/mol. The summed E-state index contributed by atoms with van der Waals surface area (Å²) in [6.45, 7) is 0.150. The largest absolute Gasteiger partial charge is 0.336 e. The quantitative estimate of drug-likeness (QED) is 0.927. The van der Waals surface area contributed by atoms with Crippen LogP contribution in [0.2, 0.25) is 0 Å². The summed E-state index contributed by atoms with van der Waals surface area (Å²) in [6.07, 6.45) is 1.28. The van der Waals surface area contributed by atoms with Gasteiger partial charge in [0, 0.05) is 6.54 Å². The number of urea groups is 1. The Labute approximate surface area is 142 Å². The fourth-order valence-electron chi connectivity index (χ4n) is 2.91. The summed E-state index contributed by atoms with van der Waals surface area (Å²) in [5.74, 6) is 0.217. The second-order valence-corrected chi connectivity index (χ2v) is 8.22. The molecule has 5 nitrogen and oxygen atoms in total. The van der Waals surface area contributed by atoms with Crippen LogP contribution in [0.3, 0.4) is 0 Å². The molecule has 0 aliphatic carbocycles. The Morgan fingerprint density at radius 2 is 1.54 bits per heavy atom. The van der Waals surface area contributed by atoms with Gasteiger partial charge in [0.2, 0.25) is 0 Å². The number of para-hydroxylation sites is 2. The Balaban J connectivity index is 1.80. The molecule has 0 spiro atoms. The summed E-state index contributed by atoms with van der Waals surface area (Å²) in [5.41, 5.74) is 1.46. The zero-order chi connectivity index (χ0) is 17.0. The number of nitrogens with zero attached hydrogens (tertiary/aromatic N) is 1. The minimum atomic E-state index is -3.07. The van der Waals surface area contributed by atoms with Crippen LogP contribution in [0.15, 0.2) is 60.7 Å². The fraction of sp³-hybridized carbons (Fsp3) is 0.278. The average molecular weight is 344 g/mol. The van der Waals surface area contributed by atoms with Gasteiger partial charge in [-0.3, -0.25) is 4.90 Å². The van der Waals surface area contributed by atoms with Crippen LogP contribution in [0.5, 0.6) is 0 Å². The van der Waals surface area contributed by atoms with E-state index in [1.54, 1.807) is 4.90 Å². The summed E-state index contributed by atoms with van der Waals surface area (Å²) in [4.78, 5) is 14.3. The van der Waals surface area contributed by atoms with Crippen LogP contribution >= 0.6 is 0 Å². The van der Waals surface area contributed by atoms with Crippen molar-refractivity contribution < 1.29 is 13.2 Å². The molecule has 1 N–H and O–H groups in total. The number of rotatable bonds is 4. The molecule has 0 unspecified atom stereocenters.